The van der Waals surface area contributed by atoms with Crippen molar-refractivity contribution in [3.63, 3.8) is 0 Å². The molecule has 94 valence electrons. The van der Waals surface area contributed by atoms with Gasteiger partial charge in [0.25, 0.3) is 0 Å². The number of carbonyl (C=O) groups is 2. The molecule has 0 spiro atoms. The first-order chi connectivity index (χ1) is 7.41. The molecule has 0 saturated carbocycles. The Bertz CT molecular complexity index is 339. The van der Waals surface area contributed by atoms with Gasteiger partial charge in [-0.2, -0.15) is 13.1 Å². The summed E-state index contributed by atoms with van der Waals surface area (Å²) >= 11 is 0. The average molecular weight is 254 g/mol. The molecular formula is C7H14N2O6S. The summed E-state index contributed by atoms with van der Waals surface area (Å²) in [6.07, 6.45) is -1.11. The van der Waals surface area contributed by atoms with E-state index in [4.69, 9.17) is 0 Å². The number of carbonyl (C=O) groups excluding carboxylic acids is 2. The van der Waals surface area contributed by atoms with Crippen LogP contribution in [0.25, 0.3) is 0 Å². The number of nitrogens with one attached hydrogen (secondary N) is 2. The molecule has 0 saturated heterocycles. The number of hydrogen-bond acceptors (Lipinski definition) is 6. The summed E-state index contributed by atoms with van der Waals surface area (Å²) in [5.41, 5.74) is 0. The Balaban J connectivity index is 4.06. The van der Waals surface area contributed by atoms with Crippen molar-refractivity contribution in [2.24, 2.45) is 0 Å². The largest absolute Gasteiger partial charge is 0.465 e. The summed E-state index contributed by atoms with van der Waals surface area (Å²) in [5.74, 6) is -0.739. The van der Waals surface area contributed by atoms with Gasteiger partial charge in [0.2, 0.25) is 0 Å². The lowest BCUT2D eigenvalue weighted by Crippen LogP contribution is -2.42. The first-order valence-corrected chi connectivity index (χ1v) is 5.99. The third-order valence-corrected chi connectivity index (χ3v) is 2.16. The summed E-state index contributed by atoms with van der Waals surface area (Å²) in [6, 6.07) is 0. The van der Waals surface area contributed by atoms with Crippen LogP contribution in [0.4, 0.5) is 4.79 Å². The highest BCUT2D eigenvalue weighted by Crippen LogP contribution is 1.83. The molecule has 0 aliphatic heterocycles. The molecule has 0 radical (unpaired) electrons. The molecule has 0 aliphatic rings. The van der Waals surface area contributed by atoms with Crippen LogP contribution < -0.4 is 9.44 Å². The Morgan fingerprint density at radius 2 is 1.69 bits per heavy atom. The Morgan fingerprint density at radius 3 is 2.19 bits per heavy atom. The van der Waals surface area contributed by atoms with E-state index in [9.17, 15) is 18.0 Å². The average Bonchev–Trinajstić information content (AvgIpc) is 2.15. The zero-order valence-corrected chi connectivity index (χ0v) is 9.80. The quantitative estimate of drug-likeness (QED) is 0.596. The van der Waals surface area contributed by atoms with Crippen LogP contribution in [0, 0.1) is 0 Å². The first-order valence-electron chi connectivity index (χ1n) is 4.51. The van der Waals surface area contributed by atoms with Crippen molar-refractivity contribution >= 4 is 22.3 Å². The topological polar surface area (TPSA) is 111 Å². The van der Waals surface area contributed by atoms with Gasteiger partial charge in [0.1, 0.15) is 6.54 Å². The second-order valence-corrected chi connectivity index (χ2v) is 3.95. The van der Waals surface area contributed by atoms with Crippen molar-refractivity contribution in [2.75, 3.05) is 19.8 Å². The van der Waals surface area contributed by atoms with E-state index in [0.717, 1.165) is 0 Å². The van der Waals surface area contributed by atoms with Gasteiger partial charge in [-0.15, -0.1) is 0 Å². The Hall–Kier alpha value is -1.35. The van der Waals surface area contributed by atoms with Gasteiger partial charge in [-0.25, -0.2) is 9.52 Å². The molecule has 1 amide bonds. The van der Waals surface area contributed by atoms with Gasteiger partial charge in [-0.05, 0) is 13.8 Å². The maximum absolute atomic E-state index is 11.1. The number of esters is 1. The van der Waals surface area contributed by atoms with Crippen molar-refractivity contribution in [3.8, 4) is 0 Å². The molecule has 0 aromatic carbocycles. The number of amides is 1. The van der Waals surface area contributed by atoms with Crippen LogP contribution in [0.3, 0.4) is 0 Å². The van der Waals surface area contributed by atoms with Crippen LogP contribution in [0.5, 0.6) is 0 Å². The van der Waals surface area contributed by atoms with Crippen molar-refractivity contribution in [2.45, 2.75) is 13.8 Å². The molecule has 0 bridgehead atoms. The predicted molar refractivity (Wildman–Crippen MR) is 53.7 cm³/mol. The van der Waals surface area contributed by atoms with E-state index >= 15 is 0 Å². The summed E-state index contributed by atoms with van der Waals surface area (Å²) in [6.45, 7) is 2.75. The molecule has 0 unspecified atom stereocenters. The van der Waals surface area contributed by atoms with Crippen molar-refractivity contribution in [1.82, 2.24) is 9.44 Å². The van der Waals surface area contributed by atoms with Crippen LogP contribution in [-0.4, -0.2) is 40.2 Å². The Morgan fingerprint density at radius 1 is 1.12 bits per heavy atom. The minimum atomic E-state index is -4.09. The molecular weight excluding hydrogens is 240 g/mol. The van der Waals surface area contributed by atoms with E-state index in [2.05, 4.69) is 9.47 Å². The van der Waals surface area contributed by atoms with E-state index in [-0.39, 0.29) is 13.2 Å². The Labute approximate surface area is 93.5 Å². The van der Waals surface area contributed by atoms with Gasteiger partial charge in [0, 0.05) is 0 Å². The molecule has 16 heavy (non-hydrogen) atoms. The minimum absolute atomic E-state index is 0.0409. The fourth-order valence-electron chi connectivity index (χ4n) is 0.672. The normalized spacial score (nSPS) is 10.6. The van der Waals surface area contributed by atoms with Gasteiger partial charge >= 0.3 is 22.3 Å². The van der Waals surface area contributed by atoms with Gasteiger partial charge in [-0.1, -0.05) is 0 Å². The highest BCUT2D eigenvalue weighted by atomic mass is 32.2. The lowest BCUT2D eigenvalue weighted by Gasteiger charge is -2.07. The zero-order valence-electron chi connectivity index (χ0n) is 8.98. The van der Waals surface area contributed by atoms with Crippen LogP contribution in [0.2, 0.25) is 0 Å². The second-order valence-electron chi connectivity index (χ2n) is 2.45. The summed E-state index contributed by atoms with van der Waals surface area (Å²) in [4.78, 5) is 21.6. The first kappa shape index (κ1) is 14.6. The monoisotopic (exact) mass is 254 g/mol. The standard InChI is InChI=1S/C7H14N2O6S/c1-3-14-6(10)5-8-16(12,13)9-7(11)15-4-2/h8H,3-5H2,1-2H3,(H,9,11). The number of hydrogen-bond donors (Lipinski definition) is 2. The zero-order chi connectivity index (χ0) is 12.6. The molecule has 0 heterocycles. The van der Waals surface area contributed by atoms with E-state index in [1.807, 2.05) is 4.72 Å². The van der Waals surface area contributed by atoms with Gasteiger partial charge in [0.15, 0.2) is 0 Å². The Kier molecular flexibility index (Phi) is 6.42. The van der Waals surface area contributed by atoms with Crippen LogP contribution in [-0.2, 0) is 24.5 Å². The van der Waals surface area contributed by atoms with E-state index < -0.39 is 28.8 Å². The van der Waals surface area contributed by atoms with Crippen LogP contribution in [0.1, 0.15) is 13.8 Å². The lowest BCUT2D eigenvalue weighted by atomic mass is 10.7. The SMILES string of the molecule is CCOC(=O)CNS(=O)(=O)NC(=O)OCC. The molecule has 0 rings (SSSR count). The molecule has 0 fully saturated rings. The van der Waals surface area contributed by atoms with Gasteiger partial charge < -0.3 is 9.47 Å². The molecule has 8 nitrogen and oxygen atoms in total. The van der Waals surface area contributed by atoms with Crippen LogP contribution >= 0.6 is 0 Å². The number of ether oxygens (including phenoxy) is 2. The second kappa shape index (κ2) is 7.01. The highest BCUT2D eigenvalue weighted by Gasteiger charge is 2.16. The molecule has 0 atom stereocenters. The highest BCUT2D eigenvalue weighted by molar-refractivity contribution is 7.88. The molecule has 0 aromatic rings. The molecule has 2 N–H and O–H groups in total. The van der Waals surface area contributed by atoms with Crippen molar-refractivity contribution < 1.29 is 27.5 Å². The maximum atomic E-state index is 11.1. The smallest absolute Gasteiger partial charge is 0.421 e. The fraction of sp³-hybridized carbons (Fsp3) is 0.714. The van der Waals surface area contributed by atoms with Crippen LogP contribution in [0.15, 0.2) is 0 Å². The fourth-order valence-corrected chi connectivity index (χ4v) is 1.33. The third kappa shape index (κ3) is 7.01. The predicted octanol–water partition coefficient (Wildman–Crippen LogP) is -0.870. The van der Waals surface area contributed by atoms with Crippen molar-refractivity contribution in [3.05, 3.63) is 0 Å². The molecule has 9 heteroatoms. The van der Waals surface area contributed by atoms with E-state index in [0.29, 0.717) is 0 Å². The maximum Gasteiger partial charge on any atom is 0.421 e. The summed E-state index contributed by atoms with van der Waals surface area (Å²) in [5, 5.41) is 0. The van der Waals surface area contributed by atoms with Gasteiger partial charge in [0.05, 0.1) is 13.2 Å². The molecule has 0 aromatic heterocycles. The minimum Gasteiger partial charge on any atom is -0.465 e. The molecule has 0 aliphatic carbocycles. The van der Waals surface area contributed by atoms with Crippen molar-refractivity contribution in [1.29, 1.82) is 0 Å². The summed E-state index contributed by atoms with van der Waals surface area (Å²) in [7, 11) is -4.09. The number of rotatable bonds is 6. The van der Waals surface area contributed by atoms with E-state index in [1.165, 1.54) is 6.92 Å². The lowest BCUT2D eigenvalue weighted by molar-refractivity contribution is -0.141. The summed E-state index contributed by atoms with van der Waals surface area (Å²) < 4.78 is 34.4. The third-order valence-electron chi connectivity index (χ3n) is 1.20. The van der Waals surface area contributed by atoms with E-state index in [1.54, 1.807) is 11.6 Å². The van der Waals surface area contributed by atoms with Gasteiger partial charge in [-0.3, -0.25) is 4.79 Å².